The quantitative estimate of drug-likeness (QED) is 0.395. The van der Waals surface area contributed by atoms with E-state index in [2.05, 4.69) is 15.4 Å². The number of hydrogen-bond acceptors (Lipinski definition) is 6. The zero-order valence-electron chi connectivity index (χ0n) is 20.5. The Balaban J connectivity index is 1.64. The summed E-state index contributed by atoms with van der Waals surface area (Å²) in [4.78, 5) is 54.0. The SMILES string of the molecule is O=C(O)CC(CCN1C(=O)CCCC1=O)NC(=O)c1cc(-c2ccccc2C(F)(F)F)n(-c2ccccn2)n1. The monoisotopic (exact) mass is 543 g/mol. The van der Waals surface area contributed by atoms with Crippen molar-refractivity contribution in [2.24, 2.45) is 0 Å². The van der Waals surface area contributed by atoms with E-state index in [0.717, 1.165) is 15.6 Å². The average molecular weight is 544 g/mol. The molecule has 0 spiro atoms. The molecular formula is C26H24F3N5O5. The second-order valence-electron chi connectivity index (χ2n) is 8.91. The van der Waals surface area contributed by atoms with Gasteiger partial charge in [-0.25, -0.2) is 9.67 Å². The molecule has 1 unspecified atom stereocenters. The van der Waals surface area contributed by atoms with Crippen molar-refractivity contribution in [3.63, 3.8) is 0 Å². The second-order valence-corrected chi connectivity index (χ2v) is 8.91. The largest absolute Gasteiger partial charge is 0.481 e. The Morgan fingerprint density at radius 2 is 1.74 bits per heavy atom. The Morgan fingerprint density at radius 3 is 2.38 bits per heavy atom. The summed E-state index contributed by atoms with van der Waals surface area (Å²) < 4.78 is 42.5. The van der Waals surface area contributed by atoms with Crippen LogP contribution in [0.3, 0.4) is 0 Å². The second kappa shape index (κ2) is 11.5. The molecule has 1 aliphatic heterocycles. The number of piperidine rings is 1. The number of carboxylic acids is 1. The number of carboxylic acid groups (broad SMARTS) is 1. The summed E-state index contributed by atoms with van der Waals surface area (Å²) >= 11 is 0. The van der Waals surface area contributed by atoms with E-state index in [1.54, 1.807) is 12.1 Å². The molecule has 2 aromatic heterocycles. The molecule has 1 fully saturated rings. The van der Waals surface area contributed by atoms with Crippen LogP contribution in [0.15, 0.2) is 54.7 Å². The molecule has 4 rings (SSSR count). The van der Waals surface area contributed by atoms with Gasteiger partial charge in [0.1, 0.15) is 0 Å². The lowest BCUT2D eigenvalue weighted by molar-refractivity contribution is -0.148. The van der Waals surface area contributed by atoms with Crippen molar-refractivity contribution in [1.29, 1.82) is 0 Å². The molecule has 10 nitrogen and oxygen atoms in total. The lowest BCUT2D eigenvalue weighted by atomic mass is 10.0. The number of hydrogen-bond donors (Lipinski definition) is 2. The summed E-state index contributed by atoms with van der Waals surface area (Å²) in [5.41, 5.74) is -1.49. The number of carbonyl (C=O) groups excluding carboxylic acids is 3. The van der Waals surface area contributed by atoms with E-state index >= 15 is 0 Å². The van der Waals surface area contributed by atoms with E-state index in [9.17, 15) is 37.5 Å². The first-order valence-electron chi connectivity index (χ1n) is 12.1. The number of amides is 3. The number of alkyl halides is 3. The zero-order valence-corrected chi connectivity index (χ0v) is 20.5. The number of aliphatic carboxylic acids is 1. The maximum atomic E-state index is 13.8. The normalized spacial score (nSPS) is 14.8. The molecule has 1 saturated heterocycles. The van der Waals surface area contributed by atoms with Crippen LogP contribution in [-0.4, -0.2) is 61.0 Å². The van der Waals surface area contributed by atoms with Crippen molar-refractivity contribution >= 4 is 23.7 Å². The third-order valence-electron chi connectivity index (χ3n) is 6.16. The van der Waals surface area contributed by atoms with E-state index in [-0.39, 0.29) is 60.4 Å². The summed E-state index contributed by atoms with van der Waals surface area (Å²) in [6.45, 7) is -0.0809. The number of likely N-dealkylation sites (tertiary alicyclic amines) is 1. The molecule has 0 radical (unpaired) electrons. The van der Waals surface area contributed by atoms with E-state index < -0.39 is 36.1 Å². The van der Waals surface area contributed by atoms with Crippen LogP contribution in [0.2, 0.25) is 0 Å². The van der Waals surface area contributed by atoms with Gasteiger partial charge < -0.3 is 10.4 Å². The zero-order chi connectivity index (χ0) is 28.2. The van der Waals surface area contributed by atoms with Crippen LogP contribution in [0.5, 0.6) is 0 Å². The number of carbonyl (C=O) groups is 4. The fourth-order valence-electron chi connectivity index (χ4n) is 4.32. The number of nitrogens with zero attached hydrogens (tertiary/aromatic N) is 4. The minimum absolute atomic E-state index is 0.0275. The first kappa shape index (κ1) is 27.5. The molecule has 2 N–H and O–H groups in total. The fourth-order valence-corrected chi connectivity index (χ4v) is 4.32. The van der Waals surface area contributed by atoms with Gasteiger partial charge >= 0.3 is 12.1 Å². The number of benzene rings is 1. The van der Waals surface area contributed by atoms with Gasteiger partial charge in [0.05, 0.1) is 17.7 Å². The molecule has 1 atom stereocenters. The smallest absolute Gasteiger partial charge is 0.417 e. The van der Waals surface area contributed by atoms with Crippen LogP contribution in [0, 0.1) is 0 Å². The molecule has 1 aromatic carbocycles. The molecule has 3 heterocycles. The maximum Gasteiger partial charge on any atom is 0.417 e. The Kier molecular flexibility index (Phi) is 8.07. The van der Waals surface area contributed by atoms with E-state index in [0.29, 0.717) is 6.42 Å². The summed E-state index contributed by atoms with van der Waals surface area (Å²) in [5, 5.41) is 16.1. The van der Waals surface area contributed by atoms with Crippen molar-refractivity contribution < 1.29 is 37.5 Å². The predicted octanol–water partition coefficient (Wildman–Crippen LogP) is 3.46. The van der Waals surface area contributed by atoms with Crippen LogP contribution < -0.4 is 5.32 Å². The number of nitrogens with one attached hydrogen (secondary N) is 1. The van der Waals surface area contributed by atoms with E-state index in [1.807, 2.05) is 0 Å². The van der Waals surface area contributed by atoms with Crippen LogP contribution >= 0.6 is 0 Å². The van der Waals surface area contributed by atoms with Gasteiger partial charge in [0.15, 0.2) is 11.5 Å². The van der Waals surface area contributed by atoms with Crippen LogP contribution in [0.1, 0.15) is 48.2 Å². The minimum Gasteiger partial charge on any atom is -0.481 e. The molecule has 3 aromatic rings. The van der Waals surface area contributed by atoms with Crippen molar-refractivity contribution in [3.05, 3.63) is 66.0 Å². The molecule has 3 amide bonds. The van der Waals surface area contributed by atoms with Gasteiger partial charge in [0.25, 0.3) is 5.91 Å². The highest BCUT2D eigenvalue weighted by molar-refractivity contribution is 5.97. The highest BCUT2D eigenvalue weighted by atomic mass is 19.4. The first-order chi connectivity index (χ1) is 18.5. The Labute approximate surface area is 220 Å². The number of aromatic nitrogens is 3. The Morgan fingerprint density at radius 1 is 1.05 bits per heavy atom. The highest BCUT2D eigenvalue weighted by Gasteiger charge is 2.35. The van der Waals surface area contributed by atoms with Crippen molar-refractivity contribution in [3.8, 4) is 17.1 Å². The molecule has 39 heavy (non-hydrogen) atoms. The lowest BCUT2D eigenvalue weighted by Gasteiger charge is -2.26. The highest BCUT2D eigenvalue weighted by Crippen LogP contribution is 2.37. The third kappa shape index (κ3) is 6.48. The van der Waals surface area contributed by atoms with E-state index in [4.69, 9.17) is 0 Å². The fraction of sp³-hybridized carbons (Fsp3) is 0.308. The summed E-state index contributed by atoms with van der Waals surface area (Å²) in [6.07, 6.45) is -2.95. The van der Waals surface area contributed by atoms with E-state index in [1.165, 1.54) is 36.5 Å². The topological polar surface area (TPSA) is 134 Å². The third-order valence-corrected chi connectivity index (χ3v) is 6.16. The average Bonchev–Trinajstić information content (AvgIpc) is 3.34. The molecule has 0 bridgehead atoms. The number of pyridine rings is 1. The lowest BCUT2D eigenvalue weighted by Crippen LogP contribution is -2.44. The first-order valence-corrected chi connectivity index (χ1v) is 12.1. The molecule has 0 aliphatic carbocycles. The predicted molar refractivity (Wildman–Crippen MR) is 130 cm³/mol. The van der Waals surface area contributed by atoms with Crippen LogP contribution in [0.25, 0.3) is 17.1 Å². The maximum absolute atomic E-state index is 13.8. The van der Waals surface area contributed by atoms with Crippen molar-refractivity contribution in [1.82, 2.24) is 25.0 Å². The Bertz CT molecular complexity index is 1370. The van der Waals surface area contributed by atoms with Gasteiger partial charge in [-0.15, -0.1) is 0 Å². The molecule has 1 aliphatic rings. The van der Waals surface area contributed by atoms with Gasteiger partial charge in [-0.3, -0.25) is 24.1 Å². The van der Waals surface area contributed by atoms with Gasteiger partial charge in [-0.1, -0.05) is 24.3 Å². The van der Waals surface area contributed by atoms with Crippen LogP contribution in [-0.2, 0) is 20.6 Å². The molecule has 0 saturated carbocycles. The Hall–Kier alpha value is -4.55. The van der Waals surface area contributed by atoms with Gasteiger partial charge in [-0.2, -0.15) is 18.3 Å². The number of imide groups is 1. The molecule has 204 valence electrons. The van der Waals surface area contributed by atoms with Gasteiger partial charge in [0, 0.05) is 37.2 Å². The standard InChI is InChI=1S/C26H24F3N5O5/c27-26(28,29)18-7-2-1-6-17(18)20-15-19(32-34(20)21-8-3-4-12-30-21)25(39)31-16(14-24(37)38)11-13-33-22(35)9-5-10-23(33)36/h1-4,6-8,12,15-16H,5,9-11,13-14H2,(H,31,39)(H,37,38). The molecule has 13 heteroatoms. The summed E-state index contributed by atoms with van der Waals surface area (Å²) in [5.74, 6) is -2.64. The molecular weight excluding hydrogens is 519 g/mol. The number of rotatable bonds is 9. The minimum atomic E-state index is -4.69. The summed E-state index contributed by atoms with van der Waals surface area (Å²) in [7, 11) is 0. The van der Waals surface area contributed by atoms with Crippen molar-refractivity contribution in [2.75, 3.05) is 6.54 Å². The number of halogens is 3. The van der Waals surface area contributed by atoms with Crippen LogP contribution in [0.4, 0.5) is 13.2 Å². The van der Waals surface area contributed by atoms with Gasteiger partial charge in [-0.05, 0) is 37.1 Å². The summed E-state index contributed by atoms with van der Waals surface area (Å²) in [6, 6.07) is 9.74. The van der Waals surface area contributed by atoms with Crippen molar-refractivity contribution in [2.45, 2.75) is 44.3 Å². The van der Waals surface area contributed by atoms with Gasteiger partial charge in [0.2, 0.25) is 11.8 Å².